The van der Waals surface area contributed by atoms with Gasteiger partial charge in [0.15, 0.2) is 12.1 Å². The first-order valence-electron chi connectivity index (χ1n) is 8.31. The third-order valence-electron chi connectivity index (χ3n) is 4.38. The molecule has 2 aromatic carbocycles. The van der Waals surface area contributed by atoms with Gasteiger partial charge >= 0.3 is 0 Å². The number of rotatable bonds is 4. The fraction of sp³-hybridized carbons (Fsp3) is 0.167. The molecule has 2 aliphatic heterocycles. The summed E-state index contributed by atoms with van der Waals surface area (Å²) in [4.78, 5) is 38.9. The van der Waals surface area contributed by atoms with E-state index in [0.717, 1.165) is 4.90 Å². The van der Waals surface area contributed by atoms with E-state index in [0.29, 0.717) is 16.4 Å². The predicted molar refractivity (Wildman–Crippen MR) is 103 cm³/mol. The Morgan fingerprint density at radius 1 is 1.07 bits per heavy atom. The highest BCUT2D eigenvalue weighted by atomic mass is 35.5. The topological polar surface area (TPSA) is 94.4 Å². The average molecular weight is 418 g/mol. The normalized spacial score (nSPS) is 20.6. The number of para-hydroxylation sites is 1. The smallest absolute Gasteiger partial charge is 0.263 e. The Labute approximate surface area is 169 Å². The summed E-state index contributed by atoms with van der Waals surface area (Å²) in [7, 11) is 0. The molecule has 0 aromatic heterocycles. The maximum absolute atomic E-state index is 12.8. The minimum absolute atomic E-state index is 0.259. The zero-order valence-electron chi connectivity index (χ0n) is 14.3. The molecule has 0 bridgehead atoms. The Balaban J connectivity index is 1.48. The molecule has 0 radical (unpaired) electrons. The number of amides is 3. The molecule has 10 heteroatoms. The molecule has 2 heterocycles. The highest BCUT2D eigenvalue weighted by Crippen LogP contribution is 2.32. The first-order valence-corrected chi connectivity index (χ1v) is 9.06. The lowest BCUT2D eigenvalue weighted by Gasteiger charge is -2.20. The van der Waals surface area contributed by atoms with Crippen LogP contribution < -0.4 is 10.2 Å². The Hall–Kier alpha value is -2.97. The van der Waals surface area contributed by atoms with Crippen molar-refractivity contribution < 1.29 is 14.4 Å². The van der Waals surface area contributed by atoms with Gasteiger partial charge in [0.2, 0.25) is 5.91 Å². The van der Waals surface area contributed by atoms with Crippen molar-refractivity contribution in [2.45, 2.75) is 12.1 Å². The molecule has 1 saturated heterocycles. The van der Waals surface area contributed by atoms with Crippen LogP contribution in [0.15, 0.2) is 58.9 Å². The van der Waals surface area contributed by atoms with Crippen molar-refractivity contribution >= 4 is 52.3 Å². The van der Waals surface area contributed by atoms with E-state index in [4.69, 9.17) is 23.2 Å². The SMILES string of the molecule is O=C(CN1N=N[C@@H]2C(=O)N(c3ccccc3)C(=O)[C@H]21)Nc1ccc(Cl)cc1Cl. The number of nitrogens with one attached hydrogen (secondary N) is 1. The van der Waals surface area contributed by atoms with Crippen LogP contribution in [0.2, 0.25) is 10.0 Å². The van der Waals surface area contributed by atoms with Crippen molar-refractivity contribution in [1.82, 2.24) is 5.01 Å². The summed E-state index contributed by atoms with van der Waals surface area (Å²) in [6.45, 7) is -0.259. The van der Waals surface area contributed by atoms with E-state index in [-0.39, 0.29) is 11.6 Å². The number of anilines is 2. The van der Waals surface area contributed by atoms with Gasteiger partial charge in [-0.25, -0.2) is 4.90 Å². The van der Waals surface area contributed by atoms with Crippen LogP contribution in [0.1, 0.15) is 0 Å². The Morgan fingerprint density at radius 3 is 2.54 bits per heavy atom. The van der Waals surface area contributed by atoms with Crippen LogP contribution in [0.4, 0.5) is 11.4 Å². The van der Waals surface area contributed by atoms with E-state index in [9.17, 15) is 14.4 Å². The summed E-state index contributed by atoms with van der Waals surface area (Å²) in [5.41, 5.74) is 0.836. The number of benzene rings is 2. The Kier molecular flexibility index (Phi) is 4.74. The third kappa shape index (κ3) is 3.21. The summed E-state index contributed by atoms with van der Waals surface area (Å²) < 4.78 is 0. The van der Waals surface area contributed by atoms with Crippen molar-refractivity contribution in [2.75, 3.05) is 16.8 Å². The number of carbonyl (C=O) groups is 3. The second-order valence-corrected chi connectivity index (χ2v) is 7.06. The summed E-state index contributed by atoms with van der Waals surface area (Å²) in [5, 5.41) is 12.3. The zero-order valence-corrected chi connectivity index (χ0v) is 15.8. The Bertz CT molecular complexity index is 998. The largest absolute Gasteiger partial charge is 0.323 e. The van der Waals surface area contributed by atoms with Crippen LogP contribution in [-0.2, 0) is 14.4 Å². The van der Waals surface area contributed by atoms with Gasteiger partial charge in [0.05, 0.1) is 16.4 Å². The molecule has 3 amide bonds. The molecule has 0 saturated carbocycles. The first-order chi connectivity index (χ1) is 13.5. The summed E-state index contributed by atoms with van der Waals surface area (Å²) in [5.74, 6) is -1.39. The van der Waals surface area contributed by atoms with Gasteiger partial charge < -0.3 is 5.32 Å². The van der Waals surface area contributed by atoms with Crippen molar-refractivity contribution in [1.29, 1.82) is 0 Å². The van der Waals surface area contributed by atoms with Gasteiger partial charge in [0.1, 0.15) is 6.54 Å². The number of imide groups is 1. The van der Waals surface area contributed by atoms with Crippen LogP contribution in [0.25, 0.3) is 0 Å². The minimum Gasteiger partial charge on any atom is -0.323 e. The van der Waals surface area contributed by atoms with Gasteiger partial charge in [-0.3, -0.25) is 19.4 Å². The molecule has 1 fully saturated rings. The number of hydrogen-bond acceptors (Lipinski definition) is 6. The summed E-state index contributed by atoms with van der Waals surface area (Å²) in [6.07, 6.45) is 0. The van der Waals surface area contributed by atoms with E-state index in [1.807, 2.05) is 0 Å². The second kappa shape index (κ2) is 7.21. The Morgan fingerprint density at radius 2 is 1.82 bits per heavy atom. The van der Waals surface area contributed by atoms with Crippen molar-refractivity contribution in [3.63, 3.8) is 0 Å². The summed E-state index contributed by atoms with van der Waals surface area (Å²) >= 11 is 11.9. The summed E-state index contributed by atoms with van der Waals surface area (Å²) in [6, 6.07) is 11.3. The molecule has 2 atom stereocenters. The number of carbonyl (C=O) groups excluding carboxylic acids is 3. The molecular formula is C18H13Cl2N5O3. The maximum Gasteiger partial charge on any atom is 0.263 e. The highest BCUT2D eigenvalue weighted by molar-refractivity contribution is 6.36. The molecule has 142 valence electrons. The molecule has 8 nitrogen and oxygen atoms in total. The molecule has 0 aliphatic carbocycles. The van der Waals surface area contributed by atoms with Crippen molar-refractivity contribution in [3.8, 4) is 0 Å². The van der Waals surface area contributed by atoms with Gasteiger partial charge in [0, 0.05) is 5.02 Å². The van der Waals surface area contributed by atoms with Crippen LogP contribution in [0, 0.1) is 0 Å². The van der Waals surface area contributed by atoms with Gasteiger partial charge in [0.25, 0.3) is 11.8 Å². The number of halogens is 2. The minimum atomic E-state index is -0.959. The molecule has 0 spiro atoms. The van der Waals surface area contributed by atoms with Crippen LogP contribution in [0.5, 0.6) is 0 Å². The zero-order chi connectivity index (χ0) is 19.8. The number of nitrogens with zero attached hydrogens (tertiary/aromatic N) is 4. The van der Waals surface area contributed by atoms with E-state index < -0.39 is 29.8 Å². The van der Waals surface area contributed by atoms with Gasteiger partial charge in [-0.1, -0.05) is 46.6 Å². The lowest BCUT2D eigenvalue weighted by atomic mass is 10.1. The molecule has 2 aromatic rings. The molecule has 0 unspecified atom stereocenters. The maximum atomic E-state index is 12.8. The van der Waals surface area contributed by atoms with E-state index in [1.54, 1.807) is 42.5 Å². The van der Waals surface area contributed by atoms with E-state index in [2.05, 4.69) is 15.7 Å². The highest BCUT2D eigenvalue weighted by Gasteiger charge is 2.55. The monoisotopic (exact) mass is 417 g/mol. The van der Waals surface area contributed by atoms with Crippen LogP contribution >= 0.6 is 23.2 Å². The van der Waals surface area contributed by atoms with E-state index in [1.165, 1.54) is 11.1 Å². The lowest BCUT2D eigenvalue weighted by molar-refractivity contribution is -0.123. The molecule has 4 rings (SSSR count). The third-order valence-corrected chi connectivity index (χ3v) is 4.93. The number of fused-ring (bicyclic) bond motifs is 1. The molecule has 2 aliphatic rings. The lowest BCUT2D eigenvalue weighted by Crippen LogP contribution is -2.43. The fourth-order valence-corrected chi connectivity index (χ4v) is 3.57. The average Bonchev–Trinajstić information content (AvgIpc) is 3.18. The fourth-order valence-electron chi connectivity index (χ4n) is 3.11. The quantitative estimate of drug-likeness (QED) is 0.773. The molecule has 28 heavy (non-hydrogen) atoms. The first kappa shape index (κ1) is 18.4. The van der Waals surface area contributed by atoms with Gasteiger partial charge in [-0.15, -0.1) is 0 Å². The van der Waals surface area contributed by atoms with Crippen molar-refractivity contribution in [2.24, 2.45) is 10.3 Å². The predicted octanol–water partition coefficient (Wildman–Crippen LogP) is 2.93. The van der Waals surface area contributed by atoms with Crippen molar-refractivity contribution in [3.05, 3.63) is 58.6 Å². The molecule has 1 N–H and O–H groups in total. The standard InChI is InChI=1S/C18H13Cl2N5O3/c19-10-6-7-13(12(20)8-10)21-14(26)9-24-16-15(22-23-24)17(27)25(18(16)28)11-4-2-1-3-5-11/h1-8,15-16H,9H2,(H,21,26)/t15-,16-/m0/s1. The number of hydrogen-bond donors (Lipinski definition) is 1. The molecular weight excluding hydrogens is 405 g/mol. The second-order valence-electron chi connectivity index (χ2n) is 6.21. The van der Waals surface area contributed by atoms with Crippen LogP contribution in [-0.4, -0.2) is 41.4 Å². The van der Waals surface area contributed by atoms with Crippen LogP contribution in [0.3, 0.4) is 0 Å². The van der Waals surface area contributed by atoms with E-state index >= 15 is 0 Å². The van der Waals surface area contributed by atoms with Gasteiger partial charge in [-0.05, 0) is 30.3 Å². The van der Waals surface area contributed by atoms with Gasteiger partial charge in [-0.2, -0.15) is 5.11 Å².